The minimum atomic E-state index is 0.651. The van der Waals surface area contributed by atoms with Crippen molar-refractivity contribution in [2.45, 2.75) is 64.7 Å². The second-order valence-electron chi connectivity index (χ2n) is 6.72. The lowest BCUT2D eigenvalue weighted by molar-refractivity contribution is -0.104. The fourth-order valence-corrected chi connectivity index (χ4v) is 3.58. The molecule has 1 aromatic rings. The van der Waals surface area contributed by atoms with Gasteiger partial charge in [0.15, 0.2) is 0 Å². The van der Waals surface area contributed by atoms with Gasteiger partial charge in [-0.25, -0.2) is 0 Å². The summed E-state index contributed by atoms with van der Waals surface area (Å²) >= 11 is 0. The SMILES string of the molecule is CCc1ccc(CCCCC2CCC(C=CC=O)CC2)cc1. The first-order valence-corrected chi connectivity index (χ1v) is 9.01. The molecule has 1 heteroatoms. The van der Waals surface area contributed by atoms with Crippen LogP contribution in [0, 0.1) is 11.8 Å². The van der Waals surface area contributed by atoms with Gasteiger partial charge in [-0.2, -0.15) is 0 Å². The minimum absolute atomic E-state index is 0.651. The van der Waals surface area contributed by atoms with Crippen LogP contribution >= 0.6 is 0 Å². The Balaban J connectivity index is 1.59. The Hall–Kier alpha value is -1.37. The number of benzene rings is 1. The van der Waals surface area contributed by atoms with Crippen molar-refractivity contribution in [1.29, 1.82) is 0 Å². The zero-order valence-electron chi connectivity index (χ0n) is 14.0. The molecular formula is C21H30O. The Bertz CT molecular complexity index is 449. The molecule has 0 spiro atoms. The van der Waals surface area contributed by atoms with E-state index in [1.807, 2.05) is 0 Å². The first-order valence-electron chi connectivity index (χ1n) is 9.01. The molecule has 1 nitrogen and oxygen atoms in total. The molecule has 1 fully saturated rings. The summed E-state index contributed by atoms with van der Waals surface area (Å²) in [6.45, 7) is 2.21. The fourth-order valence-electron chi connectivity index (χ4n) is 3.58. The second-order valence-corrected chi connectivity index (χ2v) is 6.72. The molecule has 1 aliphatic carbocycles. The maximum atomic E-state index is 10.4. The van der Waals surface area contributed by atoms with Gasteiger partial charge in [-0.15, -0.1) is 0 Å². The van der Waals surface area contributed by atoms with Gasteiger partial charge in [0, 0.05) is 0 Å². The van der Waals surface area contributed by atoms with Gasteiger partial charge in [0.25, 0.3) is 0 Å². The van der Waals surface area contributed by atoms with Crippen molar-refractivity contribution in [2.75, 3.05) is 0 Å². The van der Waals surface area contributed by atoms with Crippen molar-refractivity contribution in [3.05, 3.63) is 47.5 Å². The Labute approximate surface area is 135 Å². The van der Waals surface area contributed by atoms with Gasteiger partial charge in [0.1, 0.15) is 6.29 Å². The highest BCUT2D eigenvalue weighted by atomic mass is 16.1. The highest BCUT2D eigenvalue weighted by molar-refractivity contribution is 5.64. The molecule has 0 aromatic heterocycles. The van der Waals surface area contributed by atoms with Crippen molar-refractivity contribution < 1.29 is 4.79 Å². The minimum Gasteiger partial charge on any atom is -0.299 e. The van der Waals surface area contributed by atoms with Gasteiger partial charge in [-0.1, -0.05) is 50.1 Å². The smallest absolute Gasteiger partial charge is 0.142 e. The highest BCUT2D eigenvalue weighted by Crippen LogP contribution is 2.32. The van der Waals surface area contributed by atoms with Crippen LogP contribution in [0.5, 0.6) is 0 Å². The summed E-state index contributed by atoms with van der Waals surface area (Å²) in [7, 11) is 0. The van der Waals surface area contributed by atoms with Crippen LogP contribution in [0.2, 0.25) is 0 Å². The van der Waals surface area contributed by atoms with E-state index in [2.05, 4.69) is 37.3 Å². The van der Waals surface area contributed by atoms with Gasteiger partial charge in [0.2, 0.25) is 0 Å². The number of hydrogen-bond acceptors (Lipinski definition) is 1. The molecule has 22 heavy (non-hydrogen) atoms. The quantitative estimate of drug-likeness (QED) is 0.351. The number of unbranched alkanes of at least 4 members (excludes halogenated alkanes) is 1. The number of aldehydes is 1. The lowest BCUT2D eigenvalue weighted by atomic mass is 9.79. The van der Waals surface area contributed by atoms with Crippen LogP contribution in [0.3, 0.4) is 0 Å². The van der Waals surface area contributed by atoms with E-state index in [1.165, 1.54) is 62.5 Å². The third-order valence-corrected chi connectivity index (χ3v) is 5.11. The maximum Gasteiger partial charge on any atom is 0.142 e. The normalized spacial score (nSPS) is 22.0. The van der Waals surface area contributed by atoms with E-state index in [4.69, 9.17) is 0 Å². The van der Waals surface area contributed by atoms with Crippen LogP contribution in [-0.4, -0.2) is 6.29 Å². The van der Waals surface area contributed by atoms with E-state index in [-0.39, 0.29) is 0 Å². The molecule has 0 unspecified atom stereocenters. The van der Waals surface area contributed by atoms with Crippen molar-refractivity contribution in [1.82, 2.24) is 0 Å². The molecule has 120 valence electrons. The van der Waals surface area contributed by atoms with Gasteiger partial charge >= 0.3 is 0 Å². The second kappa shape index (κ2) is 9.61. The fraction of sp³-hybridized carbons (Fsp3) is 0.571. The van der Waals surface area contributed by atoms with Gasteiger partial charge in [-0.3, -0.25) is 4.79 Å². The standard InChI is InChI=1S/C21H30O/c1-2-18-9-11-19(12-10-18)6-3-4-7-20-13-15-21(16-14-20)8-5-17-22/h5,8-12,17,20-21H,2-4,6-7,13-16H2,1H3. The first kappa shape index (κ1) is 17.0. The van der Waals surface area contributed by atoms with Gasteiger partial charge < -0.3 is 0 Å². The summed E-state index contributed by atoms with van der Waals surface area (Å²) in [6.07, 6.45) is 16.3. The van der Waals surface area contributed by atoms with E-state index >= 15 is 0 Å². The molecular weight excluding hydrogens is 268 g/mol. The van der Waals surface area contributed by atoms with Crippen molar-refractivity contribution in [3.63, 3.8) is 0 Å². The van der Waals surface area contributed by atoms with E-state index < -0.39 is 0 Å². The van der Waals surface area contributed by atoms with Gasteiger partial charge in [-0.05, 0) is 74.0 Å². The summed E-state index contributed by atoms with van der Waals surface area (Å²) in [6, 6.07) is 9.12. The molecule has 0 atom stereocenters. The van der Waals surface area contributed by atoms with Gasteiger partial charge in [0.05, 0.1) is 0 Å². The van der Waals surface area contributed by atoms with Crippen molar-refractivity contribution in [2.24, 2.45) is 11.8 Å². The van der Waals surface area contributed by atoms with E-state index in [9.17, 15) is 4.79 Å². The average Bonchev–Trinajstić information content (AvgIpc) is 2.58. The lowest BCUT2D eigenvalue weighted by Gasteiger charge is -2.26. The largest absolute Gasteiger partial charge is 0.299 e. The predicted octanol–water partition coefficient (Wildman–Crippen LogP) is 5.52. The molecule has 1 saturated carbocycles. The number of rotatable bonds is 8. The number of carbonyl (C=O) groups excluding carboxylic acids is 1. The van der Waals surface area contributed by atoms with Crippen LogP contribution < -0.4 is 0 Å². The zero-order valence-corrected chi connectivity index (χ0v) is 14.0. The molecule has 1 aliphatic rings. The molecule has 2 rings (SSSR count). The number of hydrogen-bond donors (Lipinski definition) is 0. The average molecular weight is 298 g/mol. The molecule has 0 aliphatic heterocycles. The van der Waals surface area contributed by atoms with Crippen LogP contribution in [0.1, 0.15) is 63.0 Å². The third kappa shape index (κ3) is 5.79. The molecule has 1 aromatic carbocycles. The van der Waals surface area contributed by atoms with Crippen LogP contribution in [-0.2, 0) is 17.6 Å². The summed E-state index contributed by atoms with van der Waals surface area (Å²) < 4.78 is 0. The number of carbonyl (C=O) groups is 1. The van der Waals surface area contributed by atoms with Crippen molar-refractivity contribution >= 4 is 6.29 Å². The molecule has 0 saturated heterocycles. The van der Waals surface area contributed by atoms with E-state index in [0.717, 1.165) is 18.6 Å². The molecule has 0 N–H and O–H groups in total. The summed E-state index contributed by atoms with van der Waals surface area (Å²) in [4.78, 5) is 10.4. The number of allylic oxidation sites excluding steroid dienone is 2. The molecule has 0 amide bonds. The zero-order chi connectivity index (χ0) is 15.6. The highest BCUT2D eigenvalue weighted by Gasteiger charge is 2.18. The number of aryl methyl sites for hydroxylation is 2. The Kier molecular flexibility index (Phi) is 7.42. The van der Waals surface area contributed by atoms with E-state index in [0.29, 0.717) is 5.92 Å². The topological polar surface area (TPSA) is 17.1 Å². The van der Waals surface area contributed by atoms with E-state index in [1.54, 1.807) is 6.08 Å². The van der Waals surface area contributed by atoms with Crippen LogP contribution in [0.25, 0.3) is 0 Å². The Morgan fingerprint density at radius 1 is 1.00 bits per heavy atom. The molecule has 0 radical (unpaired) electrons. The molecule has 0 heterocycles. The summed E-state index contributed by atoms with van der Waals surface area (Å²) in [5.74, 6) is 1.57. The summed E-state index contributed by atoms with van der Waals surface area (Å²) in [5, 5.41) is 0. The predicted molar refractivity (Wildman–Crippen MR) is 94.0 cm³/mol. The van der Waals surface area contributed by atoms with Crippen LogP contribution in [0.4, 0.5) is 0 Å². The lowest BCUT2D eigenvalue weighted by Crippen LogP contribution is -2.13. The van der Waals surface area contributed by atoms with Crippen LogP contribution in [0.15, 0.2) is 36.4 Å². The first-order chi connectivity index (χ1) is 10.8. The Morgan fingerprint density at radius 2 is 1.68 bits per heavy atom. The third-order valence-electron chi connectivity index (χ3n) is 5.11. The van der Waals surface area contributed by atoms with Crippen molar-refractivity contribution in [3.8, 4) is 0 Å². The monoisotopic (exact) mass is 298 g/mol. The Morgan fingerprint density at radius 3 is 2.32 bits per heavy atom. The summed E-state index contributed by atoms with van der Waals surface area (Å²) in [5.41, 5.74) is 2.92. The maximum absolute atomic E-state index is 10.4. The molecule has 0 bridgehead atoms.